The maximum atomic E-state index is 6.58. The van der Waals surface area contributed by atoms with Crippen LogP contribution in [0, 0.1) is 23.2 Å². The number of fused-ring (bicyclic) bond motifs is 4. The van der Waals surface area contributed by atoms with Gasteiger partial charge in [0.15, 0.2) is 11.9 Å². The van der Waals surface area contributed by atoms with Gasteiger partial charge in [-0.3, -0.25) is 0 Å². The summed E-state index contributed by atoms with van der Waals surface area (Å²) in [6, 6.07) is 8.26. The topological polar surface area (TPSA) is 59.9 Å². The Balaban J connectivity index is 1.53. The molecule has 1 N–H and O–H groups in total. The molecular formula is C24H30N4OS. The van der Waals surface area contributed by atoms with E-state index in [-0.39, 0.29) is 6.23 Å². The number of ether oxygens (including phenoxy) is 1. The SMILES string of the molecule is CSc1nnc2c(n1)O[C@H]([C@H]1C[C@@H]3C(=CCCC3(C)C)C[C@H]1C)Nc1ccccc1-2. The second-order valence-corrected chi connectivity index (χ2v) is 10.4. The number of allylic oxidation sites excluding steroid dienone is 2. The summed E-state index contributed by atoms with van der Waals surface area (Å²) in [7, 11) is 0. The second-order valence-electron chi connectivity index (χ2n) is 9.62. The first-order valence-electron chi connectivity index (χ1n) is 11.0. The fraction of sp³-hybridized carbons (Fsp3) is 0.542. The van der Waals surface area contributed by atoms with Crippen molar-refractivity contribution in [3.8, 4) is 17.1 Å². The van der Waals surface area contributed by atoms with Gasteiger partial charge in [-0.05, 0) is 55.3 Å². The average Bonchev–Trinajstić information content (AvgIpc) is 2.89. The zero-order valence-electron chi connectivity index (χ0n) is 18.2. The summed E-state index contributed by atoms with van der Waals surface area (Å²) in [5.41, 5.74) is 4.78. The molecule has 0 unspecified atom stereocenters. The third-order valence-electron chi connectivity index (χ3n) is 7.31. The molecule has 0 radical (unpaired) electrons. The zero-order chi connectivity index (χ0) is 20.9. The molecule has 3 aliphatic rings. The largest absolute Gasteiger partial charge is 0.452 e. The maximum absolute atomic E-state index is 6.58. The summed E-state index contributed by atoms with van der Waals surface area (Å²) in [5.74, 6) is 2.16. The third kappa shape index (κ3) is 3.39. The van der Waals surface area contributed by atoms with E-state index in [2.05, 4.69) is 65.5 Å². The van der Waals surface area contributed by atoms with E-state index in [1.807, 2.05) is 12.3 Å². The zero-order valence-corrected chi connectivity index (χ0v) is 19.0. The van der Waals surface area contributed by atoms with Crippen LogP contribution in [0.1, 0.15) is 46.5 Å². The van der Waals surface area contributed by atoms with E-state index < -0.39 is 0 Å². The number of aromatic nitrogens is 3. The van der Waals surface area contributed by atoms with Gasteiger partial charge in [-0.15, -0.1) is 10.2 Å². The van der Waals surface area contributed by atoms with Crippen LogP contribution in [-0.2, 0) is 0 Å². The highest BCUT2D eigenvalue weighted by Crippen LogP contribution is 2.52. The molecule has 1 fully saturated rings. The number of para-hydroxylation sites is 1. The van der Waals surface area contributed by atoms with Crippen LogP contribution < -0.4 is 10.1 Å². The summed E-state index contributed by atoms with van der Waals surface area (Å²) in [4.78, 5) is 4.69. The van der Waals surface area contributed by atoms with Crippen LogP contribution in [0.25, 0.3) is 11.3 Å². The Hall–Kier alpha value is -2.08. The second kappa shape index (κ2) is 7.56. The van der Waals surface area contributed by atoms with Gasteiger partial charge < -0.3 is 10.1 Å². The minimum Gasteiger partial charge on any atom is -0.452 e. The molecule has 1 aliphatic heterocycles. The Kier molecular flexibility index (Phi) is 5.00. The first-order chi connectivity index (χ1) is 14.5. The van der Waals surface area contributed by atoms with E-state index in [9.17, 15) is 0 Å². The van der Waals surface area contributed by atoms with Crippen molar-refractivity contribution in [2.24, 2.45) is 23.2 Å². The maximum Gasteiger partial charge on any atom is 0.247 e. The molecule has 6 heteroatoms. The van der Waals surface area contributed by atoms with Crippen molar-refractivity contribution in [2.75, 3.05) is 11.6 Å². The van der Waals surface area contributed by atoms with Crippen LogP contribution in [-0.4, -0.2) is 27.7 Å². The van der Waals surface area contributed by atoms with Crippen LogP contribution in [0.15, 0.2) is 41.1 Å². The number of hydrogen-bond acceptors (Lipinski definition) is 6. The Morgan fingerprint density at radius 1 is 1.20 bits per heavy atom. The van der Waals surface area contributed by atoms with Gasteiger partial charge in [0.2, 0.25) is 11.0 Å². The van der Waals surface area contributed by atoms with Crippen molar-refractivity contribution in [3.05, 3.63) is 35.9 Å². The number of rotatable bonds is 2. The van der Waals surface area contributed by atoms with Gasteiger partial charge in [-0.2, -0.15) is 4.98 Å². The minimum atomic E-state index is -0.131. The molecule has 1 aromatic carbocycles. The van der Waals surface area contributed by atoms with E-state index >= 15 is 0 Å². The molecule has 1 saturated carbocycles. The molecule has 2 aliphatic carbocycles. The lowest BCUT2D eigenvalue weighted by Gasteiger charge is -2.48. The predicted molar refractivity (Wildman–Crippen MR) is 122 cm³/mol. The van der Waals surface area contributed by atoms with Crippen molar-refractivity contribution in [1.29, 1.82) is 0 Å². The summed E-state index contributed by atoms with van der Waals surface area (Å²) in [5, 5.41) is 13.1. The van der Waals surface area contributed by atoms with Gasteiger partial charge >= 0.3 is 0 Å². The van der Waals surface area contributed by atoms with Crippen LogP contribution in [0.5, 0.6) is 5.88 Å². The fourth-order valence-electron chi connectivity index (χ4n) is 5.54. The van der Waals surface area contributed by atoms with Crippen molar-refractivity contribution >= 4 is 17.4 Å². The van der Waals surface area contributed by atoms with Crippen LogP contribution in [0.3, 0.4) is 0 Å². The molecule has 2 heterocycles. The third-order valence-corrected chi connectivity index (χ3v) is 7.85. The molecule has 0 amide bonds. The summed E-state index contributed by atoms with van der Waals surface area (Å²) >= 11 is 1.49. The number of nitrogens with zero attached hydrogens (tertiary/aromatic N) is 3. The van der Waals surface area contributed by atoms with Gasteiger partial charge in [-0.1, -0.05) is 62.4 Å². The van der Waals surface area contributed by atoms with Crippen LogP contribution in [0.2, 0.25) is 0 Å². The van der Waals surface area contributed by atoms with Crippen molar-refractivity contribution in [1.82, 2.24) is 15.2 Å². The van der Waals surface area contributed by atoms with Crippen LogP contribution in [0.4, 0.5) is 5.69 Å². The molecule has 0 saturated heterocycles. The van der Waals surface area contributed by atoms with E-state index in [4.69, 9.17) is 4.74 Å². The van der Waals surface area contributed by atoms with Crippen molar-refractivity contribution in [2.45, 2.75) is 57.8 Å². The highest BCUT2D eigenvalue weighted by atomic mass is 32.2. The average molecular weight is 423 g/mol. The lowest BCUT2D eigenvalue weighted by molar-refractivity contribution is 0.0519. The number of anilines is 1. The normalized spacial score (nSPS) is 29.3. The van der Waals surface area contributed by atoms with Gasteiger partial charge in [0.05, 0.1) is 0 Å². The van der Waals surface area contributed by atoms with Gasteiger partial charge in [0.1, 0.15) is 0 Å². The summed E-state index contributed by atoms with van der Waals surface area (Å²) in [6.45, 7) is 7.24. The number of benzene rings is 1. The smallest absolute Gasteiger partial charge is 0.247 e. The van der Waals surface area contributed by atoms with E-state index in [0.29, 0.717) is 34.2 Å². The quantitative estimate of drug-likeness (QED) is 0.487. The molecule has 158 valence electrons. The Labute approximate surface area is 183 Å². The highest BCUT2D eigenvalue weighted by Gasteiger charge is 2.44. The molecular weight excluding hydrogens is 392 g/mol. The van der Waals surface area contributed by atoms with Gasteiger partial charge in [0.25, 0.3) is 0 Å². The lowest BCUT2D eigenvalue weighted by atomic mass is 9.59. The summed E-state index contributed by atoms with van der Waals surface area (Å²) < 4.78 is 6.58. The number of nitrogens with one attached hydrogen (secondary N) is 1. The van der Waals surface area contributed by atoms with Crippen molar-refractivity contribution < 1.29 is 4.74 Å². The minimum absolute atomic E-state index is 0.131. The number of hydrogen-bond donors (Lipinski definition) is 1. The molecule has 2 aromatic rings. The standard InChI is InChI=1S/C24H30N4OS/c1-14-12-15-8-7-11-24(2,3)18(15)13-17(14)21-25-19-10-6-5-9-16(19)20-22(29-21)26-23(30-4)28-27-20/h5-6,8-10,14,17-18,21,25H,7,11-13H2,1-4H3/t14-,17+,18-,21-/m1/s1. The molecule has 4 atom stereocenters. The first-order valence-corrected chi connectivity index (χ1v) is 12.2. The molecule has 5 nitrogen and oxygen atoms in total. The van der Waals surface area contributed by atoms with E-state index in [1.165, 1.54) is 24.6 Å². The number of thioether (sulfide) groups is 1. The fourth-order valence-corrected chi connectivity index (χ4v) is 5.84. The Bertz CT molecular complexity index is 989. The highest BCUT2D eigenvalue weighted by molar-refractivity contribution is 7.98. The monoisotopic (exact) mass is 422 g/mol. The van der Waals surface area contributed by atoms with Crippen molar-refractivity contribution in [3.63, 3.8) is 0 Å². The van der Waals surface area contributed by atoms with Crippen LogP contribution >= 0.6 is 11.8 Å². The lowest BCUT2D eigenvalue weighted by Crippen LogP contribution is -2.45. The molecule has 1 aromatic heterocycles. The van der Waals surface area contributed by atoms with E-state index in [1.54, 1.807) is 5.57 Å². The molecule has 30 heavy (non-hydrogen) atoms. The Morgan fingerprint density at radius 2 is 2.03 bits per heavy atom. The summed E-state index contributed by atoms with van der Waals surface area (Å²) in [6.07, 6.45) is 9.13. The first kappa shape index (κ1) is 19.9. The van der Waals surface area contributed by atoms with E-state index in [0.717, 1.165) is 29.8 Å². The van der Waals surface area contributed by atoms with Gasteiger partial charge in [-0.25, -0.2) is 0 Å². The predicted octanol–water partition coefficient (Wildman–Crippen LogP) is 5.80. The Morgan fingerprint density at radius 3 is 2.87 bits per heavy atom. The molecule has 0 spiro atoms. The molecule has 5 rings (SSSR count). The van der Waals surface area contributed by atoms with Gasteiger partial charge in [0, 0.05) is 17.2 Å². The molecule has 0 bridgehead atoms.